The summed E-state index contributed by atoms with van der Waals surface area (Å²) in [6.07, 6.45) is -0.951. The van der Waals surface area contributed by atoms with Crippen molar-refractivity contribution in [3.8, 4) is 11.5 Å². The molecule has 4 atom stereocenters. The molecule has 0 saturated carbocycles. The Morgan fingerprint density at radius 2 is 1.49 bits per heavy atom. The van der Waals surface area contributed by atoms with Gasteiger partial charge in [-0.3, -0.25) is 4.57 Å². The first kappa shape index (κ1) is 26.8. The number of imidazole rings is 1. The predicted octanol–water partition coefficient (Wildman–Crippen LogP) is 4.45. The average molecular weight is 557 g/mol. The van der Waals surface area contributed by atoms with E-state index < -0.39 is 30.2 Å². The third kappa shape index (κ3) is 4.80. The molecule has 1 saturated heterocycles. The van der Waals surface area contributed by atoms with Crippen molar-refractivity contribution < 1.29 is 28.4 Å². The van der Waals surface area contributed by atoms with Crippen molar-refractivity contribution in [2.75, 3.05) is 20.8 Å². The van der Waals surface area contributed by atoms with Crippen LogP contribution in [-0.2, 0) is 15.1 Å². The summed E-state index contributed by atoms with van der Waals surface area (Å²) >= 11 is 0. The molecule has 0 aliphatic carbocycles. The van der Waals surface area contributed by atoms with Crippen molar-refractivity contribution in [2.45, 2.75) is 30.2 Å². The van der Waals surface area contributed by atoms with Gasteiger partial charge in [0.05, 0.1) is 33.4 Å². The summed E-state index contributed by atoms with van der Waals surface area (Å²) in [7, 11) is 3.22. The summed E-state index contributed by atoms with van der Waals surface area (Å²) in [5.41, 5.74) is 2.24. The first-order valence-corrected chi connectivity index (χ1v) is 13.1. The lowest BCUT2D eigenvalue weighted by molar-refractivity contribution is -0.0935. The van der Waals surface area contributed by atoms with Gasteiger partial charge in [0.25, 0.3) is 0 Å². The van der Waals surface area contributed by atoms with Gasteiger partial charge in [0.2, 0.25) is 0 Å². The van der Waals surface area contributed by atoms with Crippen LogP contribution in [0.1, 0.15) is 22.9 Å². The molecule has 0 amide bonds. The molecule has 6 rings (SSSR count). The molecule has 1 aliphatic rings. The van der Waals surface area contributed by atoms with Crippen LogP contribution in [-0.4, -0.2) is 63.8 Å². The van der Waals surface area contributed by atoms with Gasteiger partial charge in [0.1, 0.15) is 41.2 Å². The van der Waals surface area contributed by atoms with Crippen molar-refractivity contribution in [3.63, 3.8) is 0 Å². The Labute approximate surface area is 236 Å². The van der Waals surface area contributed by atoms with Gasteiger partial charge in [-0.1, -0.05) is 54.6 Å². The van der Waals surface area contributed by atoms with Crippen molar-refractivity contribution in [1.29, 1.82) is 0 Å². The maximum atomic E-state index is 15.5. The number of benzene rings is 3. The lowest BCUT2D eigenvalue weighted by Gasteiger charge is -2.37. The van der Waals surface area contributed by atoms with Gasteiger partial charge < -0.3 is 24.1 Å². The second kappa shape index (κ2) is 11.2. The number of nitrogens with zero attached hydrogens (tertiary/aromatic N) is 4. The number of rotatable bonds is 9. The predicted molar refractivity (Wildman–Crippen MR) is 148 cm³/mol. The molecule has 1 N–H and O–H groups in total. The highest BCUT2D eigenvalue weighted by Crippen LogP contribution is 2.43. The fourth-order valence-corrected chi connectivity index (χ4v) is 5.32. The SMILES string of the molecule is COc1ccc(C(OC[C@H]2O[C@@H](n3cnc4cncnc43)[C@H](F)[C@@H]2O)(c2ccccc2)c2ccc(OC)cc2)cc1. The van der Waals surface area contributed by atoms with Crippen LogP contribution in [0, 0.1) is 0 Å². The minimum absolute atomic E-state index is 0.118. The van der Waals surface area contributed by atoms with Crippen molar-refractivity contribution in [3.05, 3.63) is 114 Å². The van der Waals surface area contributed by atoms with E-state index in [9.17, 15) is 5.11 Å². The summed E-state index contributed by atoms with van der Waals surface area (Å²) in [6, 6.07) is 24.9. The van der Waals surface area contributed by atoms with Gasteiger partial charge in [-0.05, 0) is 41.0 Å². The molecular formula is C31H29FN4O5. The smallest absolute Gasteiger partial charge is 0.173 e. The second-order valence-corrected chi connectivity index (χ2v) is 9.70. The van der Waals surface area contributed by atoms with Crippen LogP contribution in [0.2, 0.25) is 0 Å². The Morgan fingerprint density at radius 3 is 2.10 bits per heavy atom. The van der Waals surface area contributed by atoms with Gasteiger partial charge in [0.15, 0.2) is 18.0 Å². The van der Waals surface area contributed by atoms with Crippen LogP contribution in [0.3, 0.4) is 0 Å². The fraction of sp³-hybridized carbons (Fsp3) is 0.258. The minimum Gasteiger partial charge on any atom is -0.497 e. The summed E-state index contributed by atoms with van der Waals surface area (Å²) in [6.45, 7) is -0.118. The number of fused-ring (bicyclic) bond motifs is 1. The molecule has 1 fully saturated rings. The van der Waals surface area contributed by atoms with E-state index in [0.29, 0.717) is 22.7 Å². The fourth-order valence-electron chi connectivity index (χ4n) is 5.32. The molecule has 0 bridgehead atoms. The molecule has 41 heavy (non-hydrogen) atoms. The molecule has 1 aliphatic heterocycles. The molecule has 3 aromatic carbocycles. The van der Waals surface area contributed by atoms with Crippen LogP contribution in [0.15, 0.2) is 97.7 Å². The summed E-state index contributed by atoms with van der Waals surface area (Å²) in [5.74, 6) is 1.39. The normalized spacial score (nSPS) is 20.8. The van der Waals surface area contributed by atoms with Gasteiger partial charge in [-0.25, -0.2) is 19.3 Å². The van der Waals surface area contributed by atoms with Crippen molar-refractivity contribution in [1.82, 2.24) is 19.5 Å². The zero-order chi connectivity index (χ0) is 28.4. The van der Waals surface area contributed by atoms with Crippen LogP contribution in [0.25, 0.3) is 11.2 Å². The van der Waals surface area contributed by atoms with Gasteiger partial charge >= 0.3 is 0 Å². The van der Waals surface area contributed by atoms with E-state index in [1.165, 1.54) is 23.4 Å². The number of alkyl halides is 1. The standard InChI is InChI=1S/C31H29FN4O5/c1-38-23-12-8-21(9-13-23)31(20-6-4-3-5-7-20,22-10-14-24(39-2)15-11-22)40-17-26-28(37)27(32)30(41-26)36-19-35-25-16-33-18-34-29(25)36/h3-16,18-19,26-28,30,37H,17H2,1-2H3/t26-,27-,28-,30-/m1/s1. The lowest BCUT2D eigenvalue weighted by atomic mass is 9.80. The Hall–Kier alpha value is -4.38. The number of aromatic nitrogens is 4. The molecule has 0 unspecified atom stereocenters. The first-order valence-electron chi connectivity index (χ1n) is 13.1. The van der Waals surface area contributed by atoms with Crippen LogP contribution in [0.5, 0.6) is 11.5 Å². The molecular weight excluding hydrogens is 527 g/mol. The van der Waals surface area contributed by atoms with E-state index in [4.69, 9.17) is 18.9 Å². The maximum absolute atomic E-state index is 15.5. The van der Waals surface area contributed by atoms with E-state index >= 15 is 4.39 Å². The van der Waals surface area contributed by atoms with Gasteiger partial charge in [-0.2, -0.15) is 0 Å². The molecule has 210 valence electrons. The second-order valence-electron chi connectivity index (χ2n) is 9.70. The first-order chi connectivity index (χ1) is 20.0. The Balaban J connectivity index is 1.39. The third-order valence-corrected chi connectivity index (χ3v) is 7.44. The van der Waals surface area contributed by atoms with E-state index in [1.54, 1.807) is 14.2 Å². The van der Waals surface area contributed by atoms with E-state index in [-0.39, 0.29) is 6.61 Å². The zero-order valence-electron chi connectivity index (χ0n) is 22.5. The van der Waals surface area contributed by atoms with E-state index in [1.807, 2.05) is 78.9 Å². The van der Waals surface area contributed by atoms with Crippen LogP contribution in [0.4, 0.5) is 4.39 Å². The lowest BCUT2D eigenvalue weighted by Crippen LogP contribution is -2.39. The number of hydrogen-bond acceptors (Lipinski definition) is 8. The van der Waals surface area contributed by atoms with E-state index in [2.05, 4.69) is 15.0 Å². The molecule has 10 heteroatoms. The molecule has 0 spiro atoms. The number of halogens is 1. The molecule has 3 heterocycles. The van der Waals surface area contributed by atoms with Crippen molar-refractivity contribution >= 4 is 11.2 Å². The van der Waals surface area contributed by atoms with Gasteiger partial charge in [0, 0.05) is 0 Å². The highest BCUT2D eigenvalue weighted by Gasteiger charge is 2.48. The Morgan fingerprint density at radius 1 is 0.878 bits per heavy atom. The highest BCUT2D eigenvalue weighted by atomic mass is 19.1. The molecule has 2 aromatic heterocycles. The molecule has 0 radical (unpaired) electrons. The third-order valence-electron chi connectivity index (χ3n) is 7.44. The number of hydrogen-bond donors (Lipinski definition) is 1. The largest absolute Gasteiger partial charge is 0.497 e. The minimum atomic E-state index is -1.73. The van der Waals surface area contributed by atoms with Crippen LogP contribution >= 0.6 is 0 Å². The Kier molecular flexibility index (Phi) is 7.36. The molecule has 9 nitrogen and oxygen atoms in total. The summed E-state index contributed by atoms with van der Waals surface area (Å²) < 4.78 is 40.7. The number of aliphatic hydroxyl groups is 1. The number of ether oxygens (including phenoxy) is 4. The monoisotopic (exact) mass is 556 g/mol. The summed E-state index contributed by atoms with van der Waals surface area (Å²) in [4.78, 5) is 12.4. The van der Waals surface area contributed by atoms with Crippen molar-refractivity contribution in [2.24, 2.45) is 0 Å². The number of aliphatic hydroxyl groups excluding tert-OH is 1. The number of methoxy groups -OCH3 is 2. The van der Waals surface area contributed by atoms with Gasteiger partial charge in [-0.15, -0.1) is 0 Å². The molecule has 5 aromatic rings. The highest BCUT2D eigenvalue weighted by molar-refractivity contribution is 5.69. The van der Waals surface area contributed by atoms with Crippen LogP contribution < -0.4 is 9.47 Å². The zero-order valence-corrected chi connectivity index (χ0v) is 22.5. The topological polar surface area (TPSA) is 101 Å². The summed E-state index contributed by atoms with van der Waals surface area (Å²) in [5, 5.41) is 11.0. The maximum Gasteiger partial charge on any atom is 0.173 e. The Bertz CT molecular complexity index is 1550. The van der Waals surface area contributed by atoms with E-state index in [0.717, 1.165) is 16.7 Å². The average Bonchev–Trinajstić information content (AvgIpc) is 3.58. The quantitative estimate of drug-likeness (QED) is 0.266.